The molecule has 3 N–H and O–H groups in total. The Morgan fingerprint density at radius 3 is 1.36 bits per heavy atom. The van der Waals surface area contributed by atoms with Gasteiger partial charge in [-0.15, -0.1) is 0 Å². The second kappa shape index (κ2) is 38.7. The van der Waals surface area contributed by atoms with Gasteiger partial charge in [0.05, 0.1) is 19.8 Å². The van der Waals surface area contributed by atoms with Gasteiger partial charge in [0.2, 0.25) is 0 Å². The van der Waals surface area contributed by atoms with E-state index in [1.807, 2.05) is 0 Å². The zero-order chi connectivity index (χ0) is 39.1. The Bertz CT molecular complexity index is 941. The molecule has 0 spiro atoms. The van der Waals surface area contributed by atoms with Crippen LogP contribution in [0.3, 0.4) is 0 Å². The minimum atomic E-state index is -4.61. The molecule has 0 amide bonds. The molecule has 1 unspecified atom stereocenters. The van der Waals surface area contributed by atoms with E-state index in [1.54, 1.807) is 0 Å². The highest BCUT2D eigenvalue weighted by Gasteiger charge is 2.27. The number of aliphatic hydroxyl groups excluding tert-OH is 2. The molecule has 0 radical (unpaired) electrons. The van der Waals surface area contributed by atoms with E-state index in [2.05, 4.69) is 42.7 Å². The number of hydrogen-bond acceptors (Lipinski definition) is 9. The molecule has 3 atom stereocenters. The van der Waals surface area contributed by atoms with E-state index < -0.39 is 51.8 Å². The fourth-order valence-corrected chi connectivity index (χ4v) is 6.54. The summed E-state index contributed by atoms with van der Waals surface area (Å²) in [6.07, 6.45) is 37.1. The van der Waals surface area contributed by atoms with E-state index in [-0.39, 0.29) is 19.4 Å². The van der Waals surface area contributed by atoms with Crippen molar-refractivity contribution in [2.45, 2.75) is 206 Å². The van der Waals surface area contributed by atoms with Gasteiger partial charge in [0.25, 0.3) is 0 Å². The maximum atomic E-state index is 12.6. The minimum absolute atomic E-state index is 0.180. The lowest BCUT2D eigenvalue weighted by atomic mass is 10.1. The maximum Gasteiger partial charge on any atom is 0.472 e. The first kappa shape index (κ1) is 51.5. The maximum absolute atomic E-state index is 12.6. The molecule has 11 heteroatoms. The molecular formula is C42H79O10P. The van der Waals surface area contributed by atoms with Crippen LogP contribution in [0.5, 0.6) is 0 Å². The monoisotopic (exact) mass is 775 g/mol. The van der Waals surface area contributed by atoms with Crippen LogP contribution in [0, 0.1) is 0 Å². The van der Waals surface area contributed by atoms with Gasteiger partial charge in [-0.1, -0.05) is 141 Å². The van der Waals surface area contributed by atoms with Gasteiger partial charge in [0.1, 0.15) is 12.7 Å². The van der Waals surface area contributed by atoms with Crippen LogP contribution < -0.4 is 0 Å². The van der Waals surface area contributed by atoms with Gasteiger partial charge < -0.3 is 24.6 Å². The van der Waals surface area contributed by atoms with Crippen molar-refractivity contribution < 1.29 is 47.8 Å². The predicted molar refractivity (Wildman–Crippen MR) is 215 cm³/mol. The smallest absolute Gasteiger partial charge is 0.462 e. The number of hydrogen-bond donors (Lipinski definition) is 3. The fraction of sp³-hybridized carbons (Fsp3) is 0.857. The van der Waals surface area contributed by atoms with E-state index >= 15 is 0 Å². The molecule has 0 aromatic carbocycles. The van der Waals surface area contributed by atoms with Crippen LogP contribution in [0.1, 0.15) is 194 Å². The molecule has 0 aliphatic heterocycles. The predicted octanol–water partition coefficient (Wildman–Crippen LogP) is 11.0. The van der Waals surface area contributed by atoms with E-state index in [9.17, 15) is 24.2 Å². The molecule has 0 aromatic rings. The number of carbonyl (C=O) groups is 2. The van der Waals surface area contributed by atoms with Gasteiger partial charge in [-0.05, 0) is 64.2 Å². The number of unbranched alkanes of at least 4 members (excludes halogenated alkanes) is 22. The molecule has 0 fully saturated rings. The molecule has 0 rings (SSSR count). The van der Waals surface area contributed by atoms with Crippen molar-refractivity contribution in [1.82, 2.24) is 0 Å². The number of rotatable bonds is 40. The molecule has 0 bridgehead atoms. The zero-order valence-electron chi connectivity index (χ0n) is 33.7. The fourth-order valence-electron chi connectivity index (χ4n) is 5.75. The van der Waals surface area contributed by atoms with Gasteiger partial charge in [-0.25, -0.2) is 4.57 Å². The lowest BCUT2D eigenvalue weighted by molar-refractivity contribution is -0.161. The van der Waals surface area contributed by atoms with Crippen LogP contribution in [0.2, 0.25) is 0 Å². The second-order valence-corrected chi connectivity index (χ2v) is 15.8. The average molecular weight is 775 g/mol. The number of aliphatic hydroxyl groups is 2. The van der Waals surface area contributed by atoms with Gasteiger partial charge >= 0.3 is 19.8 Å². The number of ether oxygens (including phenoxy) is 2. The van der Waals surface area contributed by atoms with Crippen molar-refractivity contribution in [2.75, 3.05) is 26.4 Å². The van der Waals surface area contributed by atoms with Crippen molar-refractivity contribution in [3.8, 4) is 0 Å². The number of phosphoric acid groups is 1. The molecule has 0 heterocycles. The summed E-state index contributed by atoms with van der Waals surface area (Å²) in [5, 5.41) is 18.3. The Morgan fingerprint density at radius 2 is 0.925 bits per heavy atom. The zero-order valence-corrected chi connectivity index (χ0v) is 34.6. The highest BCUT2D eigenvalue weighted by Crippen LogP contribution is 2.43. The summed E-state index contributed by atoms with van der Waals surface area (Å²) >= 11 is 0. The summed E-state index contributed by atoms with van der Waals surface area (Å²) in [6.45, 7) is 2.35. The Hall–Kier alpha value is -1.55. The first-order valence-corrected chi connectivity index (χ1v) is 22.8. The summed E-state index contributed by atoms with van der Waals surface area (Å²) in [5.41, 5.74) is 0. The number of allylic oxidation sites excluding steroid dienone is 4. The van der Waals surface area contributed by atoms with Gasteiger partial charge in [-0.2, -0.15) is 0 Å². The van der Waals surface area contributed by atoms with Crippen LogP contribution in [-0.2, 0) is 32.7 Å². The van der Waals surface area contributed by atoms with Gasteiger partial charge in [-0.3, -0.25) is 18.6 Å². The quantitative estimate of drug-likeness (QED) is 0.0238. The number of phosphoric ester groups is 1. The number of esters is 2. The molecule has 0 aromatic heterocycles. The Balaban J connectivity index is 4.31. The van der Waals surface area contributed by atoms with Crippen molar-refractivity contribution >= 4 is 19.8 Å². The van der Waals surface area contributed by atoms with Gasteiger partial charge in [0, 0.05) is 12.8 Å². The minimum Gasteiger partial charge on any atom is -0.462 e. The van der Waals surface area contributed by atoms with Gasteiger partial charge in [0.15, 0.2) is 6.10 Å². The van der Waals surface area contributed by atoms with Crippen LogP contribution in [0.4, 0.5) is 0 Å². The highest BCUT2D eigenvalue weighted by molar-refractivity contribution is 7.47. The lowest BCUT2D eigenvalue weighted by Crippen LogP contribution is -2.29. The van der Waals surface area contributed by atoms with Crippen LogP contribution in [-0.4, -0.2) is 65.7 Å². The molecule has 10 nitrogen and oxygen atoms in total. The van der Waals surface area contributed by atoms with Crippen LogP contribution >= 0.6 is 7.82 Å². The van der Waals surface area contributed by atoms with Crippen molar-refractivity contribution in [3.05, 3.63) is 24.3 Å². The van der Waals surface area contributed by atoms with Crippen LogP contribution in [0.15, 0.2) is 24.3 Å². The third kappa shape index (κ3) is 38.5. The Kier molecular flexibility index (Phi) is 37.6. The number of carbonyl (C=O) groups excluding carboxylic acids is 2. The van der Waals surface area contributed by atoms with Crippen molar-refractivity contribution in [3.63, 3.8) is 0 Å². The molecule has 0 aliphatic carbocycles. The van der Waals surface area contributed by atoms with E-state index in [0.29, 0.717) is 12.8 Å². The van der Waals surface area contributed by atoms with Crippen molar-refractivity contribution in [2.24, 2.45) is 0 Å². The summed E-state index contributed by atoms with van der Waals surface area (Å²) in [7, 11) is -4.61. The van der Waals surface area contributed by atoms with E-state index in [0.717, 1.165) is 51.4 Å². The largest absolute Gasteiger partial charge is 0.472 e. The molecular weight excluding hydrogens is 695 g/mol. The van der Waals surface area contributed by atoms with Crippen molar-refractivity contribution in [1.29, 1.82) is 0 Å². The lowest BCUT2D eigenvalue weighted by Gasteiger charge is -2.20. The summed E-state index contributed by atoms with van der Waals surface area (Å²) in [4.78, 5) is 34.9. The Labute approximate surface area is 323 Å². The average Bonchev–Trinajstić information content (AvgIpc) is 3.14. The third-order valence-electron chi connectivity index (χ3n) is 9.08. The van der Waals surface area contributed by atoms with E-state index in [4.69, 9.17) is 19.1 Å². The topological polar surface area (TPSA) is 149 Å². The third-order valence-corrected chi connectivity index (χ3v) is 10.0. The molecule has 0 aliphatic rings. The summed E-state index contributed by atoms with van der Waals surface area (Å²) in [6, 6.07) is 0. The molecule has 0 saturated carbocycles. The highest BCUT2D eigenvalue weighted by atomic mass is 31.2. The summed E-state index contributed by atoms with van der Waals surface area (Å²) < 4.78 is 32.7. The first-order chi connectivity index (χ1) is 25.7. The SMILES string of the molecule is CCCCCC/C=C\CCCCCCCCCC(=O)OC[C@H](COP(=O)(O)OC[C@@H](O)CO)OC(=O)CCCCCCCCC/C=C\CCCCCC. The molecule has 0 saturated heterocycles. The van der Waals surface area contributed by atoms with Crippen LogP contribution in [0.25, 0.3) is 0 Å². The first-order valence-electron chi connectivity index (χ1n) is 21.3. The Morgan fingerprint density at radius 1 is 0.547 bits per heavy atom. The van der Waals surface area contributed by atoms with E-state index in [1.165, 1.54) is 103 Å². The summed E-state index contributed by atoms with van der Waals surface area (Å²) in [5.74, 6) is -0.931. The second-order valence-electron chi connectivity index (χ2n) is 14.4. The standard InChI is InChI=1S/C42H79O10P/c1-3-5-7-9-11-13-15-17-19-21-23-25-27-29-31-33-41(45)49-37-40(38-51-53(47,48)50-36-39(44)35-43)52-42(46)34-32-30-28-26-24-22-20-18-16-14-12-10-8-6-4-2/h13-16,39-40,43-44H,3-12,17-38H2,1-2H3,(H,47,48)/b15-13-,16-14-/t39-,40+/m0/s1. The molecule has 312 valence electrons. The normalized spacial score (nSPS) is 14.1. The molecule has 53 heavy (non-hydrogen) atoms.